The van der Waals surface area contributed by atoms with E-state index in [0.717, 1.165) is 0 Å². The van der Waals surface area contributed by atoms with Gasteiger partial charge in [0.1, 0.15) is 0 Å². The molecule has 5 heteroatoms. The van der Waals surface area contributed by atoms with Crippen LogP contribution in [0.5, 0.6) is 0 Å². The molecule has 1 amide bonds. The van der Waals surface area contributed by atoms with Crippen molar-refractivity contribution in [1.29, 1.82) is 0 Å². The average molecular weight is 236 g/mol. The highest BCUT2D eigenvalue weighted by Crippen LogP contribution is 1.97. The molecular formula is C12H16N2O3. The van der Waals surface area contributed by atoms with Crippen LogP contribution < -0.4 is 10.9 Å². The Kier molecular flexibility index (Phi) is 4.20. The van der Waals surface area contributed by atoms with Crippen LogP contribution in [0.3, 0.4) is 0 Å². The summed E-state index contributed by atoms with van der Waals surface area (Å²) in [6, 6.07) is 2.26. The van der Waals surface area contributed by atoms with Crippen LogP contribution in [0.25, 0.3) is 0 Å². The van der Waals surface area contributed by atoms with Crippen LogP contribution >= 0.6 is 0 Å². The number of nitrogens with one attached hydrogen (secondary N) is 1. The number of aryl methyl sites for hydroxylation is 1. The van der Waals surface area contributed by atoms with Crippen molar-refractivity contribution in [2.45, 2.75) is 26.3 Å². The average Bonchev–Trinajstić information content (AvgIpc) is 2.31. The number of hydrogen-bond acceptors (Lipinski definition) is 3. The molecule has 0 bridgehead atoms. The largest absolute Gasteiger partial charge is 0.343 e. The second kappa shape index (κ2) is 5.43. The van der Waals surface area contributed by atoms with Crippen LogP contribution in [-0.4, -0.2) is 22.3 Å². The highest BCUT2D eigenvalue weighted by Gasteiger charge is 2.15. The molecule has 0 saturated carbocycles. The van der Waals surface area contributed by atoms with Crippen LogP contribution in [0.1, 0.15) is 30.6 Å². The fourth-order valence-electron chi connectivity index (χ4n) is 1.36. The minimum Gasteiger partial charge on any atom is -0.343 e. The molecule has 5 nitrogen and oxygen atoms in total. The molecule has 1 aromatic rings. The first kappa shape index (κ1) is 13.2. The number of hydrogen-bond donors (Lipinski definition) is 1. The molecule has 1 aromatic heterocycles. The lowest BCUT2D eigenvalue weighted by Crippen LogP contribution is -2.38. The first-order valence-electron chi connectivity index (χ1n) is 5.46. The Labute approximate surface area is 99.5 Å². The summed E-state index contributed by atoms with van der Waals surface area (Å²) in [4.78, 5) is 34.4. The zero-order valence-electron chi connectivity index (χ0n) is 10.2. The molecule has 0 aliphatic rings. The number of Topliss-reactive ketones (excluding diaryl/α,β-unsaturated/α-hetero) is 1. The third kappa shape index (κ3) is 3.27. The predicted octanol–water partition coefficient (Wildman–Crippen LogP) is 0.483. The van der Waals surface area contributed by atoms with E-state index in [9.17, 15) is 14.4 Å². The molecule has 0 saturated heterocycles. The van der Waals surface area contributed by atoms with Gasteiger partial charge in [-0.15, -0.1) is 0 Å². The summed E-state index contributed by atoms with van der Waals surface area (Å²) >= 11 is 0. The van der Waals surface area contributed by atoms with Gasteiger partial charge in [0.2, 0.25) is 0 Å². The summed E-state index contributed by atoms with van der Waals surface area (Å²) < 4.78 is 1.37. The molecule has 0 aliphatic heterocycles. The number of aromatic nitrogens is 1. The molecule has 0 aromatic carbocycles. The lowest BCUT2D eigenvalue weighted by atomic mass is 10.1. The lowest BCUT2D eigenvalue weighted by Gasteiger charge is -2.11. The fraction of sp³-hybridized carbons (Fsp3) is 0.417. The second-order valence-electron chi connectivity index (χ2n) is 3.88. The van der Waals surface area contributed by atoms with Gasteiger partial charge in [-0.3, -0.25) is 14.4 Å². The summed E-state index contributed by atoms with van der Waals surface area (Å²) in [7, 11) is 1.60. The van der Waals surface area contributed by atoms with Crippen molar-refractivity contribution >= 4 is 11.7 Å². The number of carbonyl (C=O) groups is 2. The zero-order chi connectivity index (χ0) is 13.0. The zero-order valence-corrected chi connectivity index (χ0v) is 10.2. The van der Waals surface area contributed by atoms with E-state index in [1.54, 1.807) is 27.0 Å². The smallest absolute Gasteiger partial charge is 0.252 e. The number of pyridine rings is 1. The number of amides is 1. The number of rotatable bonds is 4. The van der Waals surface area contributed by atoms with E-state index < -0.39 is 11.9 Å². The first-order chi connectivity index (χ1) is 7.95. The van der Waals surface area contributed by atoms with Crippen molar-refractivity contribution in [3.05, 3.63) is 34.2 Å². The van der Waals surface area contributed by atoms with Gasteiger partial charge >= 0.3 is 0 Å². The number of nitrogens with zero attached hydrogens (tertiary/aromatic N) is 1. The van der Waals surface area contributed by atoms with E-state index in [4.69, 9.17) is 0 Å². The Morgan fingerprint density at radius 1 is 1.47 bits per heavy atom. The third-order valence-corrected chi connectivity index (χ3v) is 2.55. The van der Waals surface area contributed by atoms with Crippen molar-refractivity contribution in [2.24, 2.45) is 7.05 Å². The van der Waals surface area contributed by atoms with Gasteiger partial charge in [-0.1, -0.05) is 6.92 Å². The van der Waals surface area contributed by atoms with Crippen molar-refractivity contribution in [1.82, 2.24) is 9.88 Å². The first-order valence-corrected chi connectivity index (χ1v) is 5.46. The predicted molar refractivity (Wildman–Crippen MR) is 63.9 cm³/mol. The van der Waals surface area contributed by atoms with Crippen LogP contribution in [0.15, 0.2) is 23.1 Å². The SMILES string of the molecule is CCC(=O)C(C)NC(=O)c1ccn(C)c(=O)c1. The van der Waals surface area contributed by atoms with Crippen molar-refractivity contribution in [3.8, 4) is 0 Å². The number of carbonyl (C=O) groups excluding carboxylic acids is 2. The maximum atomic E-state index is 11.7. The van der Waals surface area contributed by atoms with Crippen molar-refractivity contribution in [2.75, 3.05) is 0 Å². The molecule has 0 radical (unpaired) electrons. The van der Waals surface area contributed by atoms with Gasteiger partial charge in [-0.2, -0.15) is 0 Å². The molecule has 17 heavy (non-hydrogen) atoms. The highest BCUT2D eigenvalue weighted by molar-refractivity contribution is 5.97. The molecular weight excluding hydrogens is 220 g/mol. The minimum absolute atomic E-state index is 0.0396. The van der Waals surface area contributed by atoms with Gasteiger partial charge in [-0.05, 0) is 13.0 Å². The molecule has 0 aliphatic carbocycles. The standard InChI is InChI=1S/C12H16N2O3/c1-4-10(15)8(2)13-12(17)9-5-6-14(3)11(16)7-9/h5-8H,4H2,1-3H3,(H,13,17). The molecule has 1 unspecified atom stereocenters. The maximum Gasteiger partial charge on any atom is 0.252 e. The summed E-state index contributed by atoms with van der Waals surface area (Å²) in [5, 5.41) is 2.56. The molecule has 1 N–H and O–H groups in total. The molecule has 0 spiro atoms. The van der Waals surface area contributed by atoms with Gasteiger partial charge in [0, 0.05) is 31.3 Å². The Hall–Kier alpha value is -1.91. The van der Waals surface area contributed by atoms with E-state index in [1.165, 1.54) is 16.8 Å². The Bertz CT molecular complexity index is 491. The fourth-order valence-corrected chi connectivity index (χ4v) is 1.36. The monoisotopic (exact) mass is 236 g/mol. The third-order valence-electron chi connectivity index (χ3n) is 2.55. The van der Waals surface area contributed by atoms with E-state index in [-0.39, 0.29) is 16.9 Å². The summed E-state index contributed by atoms with van der Waals surface area (Å²) in [6.07, 6.45) is 1.89. The Morgan fingerprint density at radius 3 is 2.65 bits per heavy atom. The van der Waals surface area contributed by atoms with E-state index in [2.05, 4.69) is 5.32 Å². The normalized spacial score (nSPS) is 11.9. The minimum atomic E-state index is -0.531. The van der Waals surface area contributed by atoms with Crippen LogP contribution in [0.4, 0.5) is 0 Å². The quantitative estimate of drug-likeness (QED) is 0.826. The molecule has 92 valence electrons. The highest BCUT2D eigenvalue weighted by atomic mass is 16.2. The van der Waals surface area contributed by atoms with E-state index in [1.807, 2.05) is 0 Å². The Morgan fingerprint density at radius 2 is 2.12 bits per heavy atom. The molecule has 1 atom stereocenters. The molecule has 1 heterocycles. The maximum absolute atomic E-state index is 11.7. The van der Waals surface area contributed by atoms with Crippen molar-refractivity contribution < 1.29 is 9.59 Å². The van der Waals surface area contributed by atoms with Gasteiger partial charge in [0.15, 0.2) is 5.78 Å². The second-order valence-corrected chi connectivity index (χ2v) is 3.88. The summed E-state index contributed by atoms with van der Waals surface area (Å²) in [5.41, 5.74) is 0.0102. The molecule has 0 fully saturated rings. The van der Waals surface area contributed by atoms with Gasteiger partial charge in [0.05, 0.1) is 6.04 Å². The Balaban J connectivity index is 2.80. The van der Waals surface area contributed by atoms with Gasteiger partial charge in [-0.25, -0.2) is 0 Å². The van der Waals surface area contributed by atoms with Gasteiger partial charge < -0.3 is 9.88 Å². The summed E-state index contributed by atoms with van der Waals surface area (Å²) in [5.74, 6) is -0.445. The van der Waals surface area contributed by atoms with E-state index in [0.29, 0.717) is 6.42 Å². The molecule has 1 rings (SSSR count). The van der Waals surface area contributed by atoms with Crippen molar-refractivity contribution in [3.63, 3.8) is 0 Å². The topological polar surface area (TPSA) is 68.2 Å². The van der Waals surface area contributed by atoms with Gasteiger partial charge in [0.25, 0.3) is 11.5 Å². The van der Waals surface area contributed by atoms with Crippen LogP contribution in [-0.2, 0) is 11.8 Å². The summed E-state index contributed by atoms with van der Waals surface area (Å²) in [6.45, 7) is 3.37. The number of ketones is 1. The van der Waals surface area contributed by atoms with Crippen LogP contribution in [0.2, 0.25) is 0 Å². The van der Waals surface area contributed by atoms with E-state index >= 15 is 0 Å². The lowest BCUT2D eigenvalue weighted by molar-refractivity contribution is -0.120. The van der Waals surface area contributed by atoms with Crippen LogP contribution in [0, 0.1) is 0 Å².